The molecule has 1 unspecified atom stereocenters. The number of fused-ring (bicyclic) bond motifs is 1. The molecule has 0 spiro atoms. The van der Waals surface area contributed by atoms with Crippen LogP contribution in [0, 0.1) is 11.6 Å². The predicted molar refractivity (Wildman–Crippen MR) is 177 cm³/mol. The Morgan fingerprint density at radius 2 is 1.76 bits per heavy atom. The number of nitrogens with zero attached hydrogens (tertiary/aromatic N) is 1. The normalized spacial score (nSPS) is 14.0. The van der Waals surface area contributed by atoms with Crippen LogP contribution in [0.4, 0.5) is 13.6 Å². The molecule has 0 saturated carbocycles. The lowest BCUT2D eigenvalue weighted by atomic mass is 9.93. The number of aromatic nitrogens is 1. The maximum Gasteiger partial charge on any atom is 0.407 e. The van der Waals surface area contributed by atoms with Gasteiger partial charge in [-0.25, -0.2) is 18.2 Å². The number of nitrogens with one attached hydrogen (secondary N) is 3. The van der Waals surface area contributed by atoms with Crippen molar-refractivity contribution in [2.24, 2.45) is 0 Å². The van der Waals surface area contributed by atoms with Crippen LogP contribution in [0.2, 0.25) is 5.02 Å². The van der Waals surface area contributed by atoms with Gasteiger partial charge in [-0.1, -0.05) is 35.9 Å². The molecule has 0 fully saturated rings. The summed E-state index contributed by atoms with van der Waals surface area (Å²) < 4.78 is 35.5. The molecule has 1 aliphatic rings. The zero-order valence-electron chi connectivity index (χ0n) is 25.9. The standard InChI is InChI=1S/C36H35ClF2N4O3/c1-36(2,3)46-35(45)41-20-22-7-12-29-25(21-40-31(29)16-22)18-33(44)42-32(17-23-14-27(38)19-28(39)15-23)34-30(6-5-13-43(34)4)24-8-10-26(37)11-9-24/h5-12,14-16,19,21,32,40H,4,13,17-18,20H2,1-3H3,(H-,41,42,44,45)/p+1. The number of allylic oxidation sites excluding steroid dienone is 2. The van der Waals surface area contributed by atoms with Crippen LogP contribution in [0.5, 0.6) is 0 Å². The van der Waals surface area contributed by atoms with Crippen molar-refractivity contribution in [1.82, 2.24) is 15.6 Å². The minimum absolute atomic E-state index is 0.0556. The van der Waals surface area contributed by atoms with Crippen LogP contribution in [0.25, 0.3) is 16.5 Å². The van der Waals surface area contributed by atoms with Gasteiger partial charge in [0.1, 0.15) is 30.0 Å². The molecule has 3 aromatic carbocycles. The lowest BCUT2D eigenvalue weighted by Gasteiger charge is -2.23. The van der Waals surface area contributed by atoms with E-state index in [9.17, 15) is 18.4 Å². The van der Waals surface area contributed by atoms with Crippen molar-refractivity contribution in [2.45, 2.75) is 51.8 Å². The second kappa shape index (κ2) is 13.7. The summed E-state index contributed by atoms with van der Waals surface area (Å²) in [5.41, 5.74) is 4.65. The number of ether oxygens (including phenoxy) is 1. The lowest BCUT2D eigenvalue weighted by molar-refractivity contribution is -0.461. The van der Waals surface area contributed by atoms with Gasteiger partial charge < -0.3 is 20.4 Å². The average Bonchev–Trinajstić information content (AvgIpc) is 3.36. The first kappa shape index (κ1) is 32.6. The SMILES string of the molecule is C=[N+]1CC=CC(c2ccc(Cl)cc2)=C1C(Cc1cc(F)cc(F)c1)NC(=O)Cc1c[nH]c2cc(CNC(=O)OC(C)(C)C)ccc12. The Labute approximate surface area is 271 Å². The second-order valence-corrected chi connectivity index (χ2v) is 12.7. The number of halogens is 3. The zero-order chi connectivity index (χ0) is 33.0. The third kappa shape index (κ3) is 8.28. The molecule has 0 aliphatic carbocycles. The van der Waals surface area contributed by atoms with Crippen LogP contribution >= 0.6 is 11.6 Å². The van der Waals surface area contributed by atoms with E-state index in [-0.39, 0.29) is 25.3 Å². The van der Waals surface area contributed by atoms with Crippen LogP contribution in [-0.4, -0.2) is 46.5 Å². The van der Waals surface area contributed by atoms with E-state index in [1.165, 1.54) is 12.1 Å². The number of benzene rings is 3. The Morgan fingerprint density at radius 1 is 1.04 bits per heavy atom. The minimum atomic E-state index is -0.693. The molecule has 238 valence electrons. The molecule has 7 nitrogen and oxygen atoms in total. The van der Waals surface area contributed by atoms with Crippen molar-refractivity contribution in [3.05, 3.63) is 124 Å². The quantitative estimate of drug-likeness (QED) is 0.170. The van der Waals surface area contributed by atoms with E-state index in [0.717, 1.165) is 39.2 Å². The third-order valence-electron chi connectivity index (χ3n) is 7.43. The average molecular weight is 646 g/mol. The molecule has 0 saturated heterocycles. The molecular formula is C36H36ClF2N4O3+. The largest absolute Gasteiger partial charge is 0.444 e. The molecule has 1 aliphatic heterocycles. The highest BCUT2D eigenvalue weighted by Gasteiger charge is 2.31. The monoisotopic (exact) mass is 645 g/mol. The summed E-state index contributed by atoms with van der Waals surface area (Å²) in [5, 5.41) is 7.32. The van der Waals surface area contributed by atoms with Crippen molar-refractivity contribution < 1.29 is 27.7 Å². The van der Waals surface area contributed by atoms with Gasteiger partial charge in [0, 0.05) is 41.2 Å². The molecule has 5 rings (SSSR count). The van der Waals surface area contributed by atoms with Gasteiger partial charge in [0.05, 0.1) is 12.0 Å². The van der Waals surface area contributed by atoms with Gasteiger partial charge in [-0.3, -0.25) is 4.79 Å². The van der Waals surface area contributed by atoms with Crippen LogP contribution in [0.3, 0.4) is 0 Å². The zero-order valence-corrected chi connectivity index (χ0v) is 26.7. The van der Waals surface area contributed by atoms with Gasteiger partial charge in [0.25, 0.3) is 0 Å². The number of carbonyl (C=O) groups excluding carboxylic acids is 2. The first-order chi connectivity index (χ1) is 21.8. The Balaban J connectivity index is 1.39. The maximum atomic E-state index is 14.2. The van der Waals surface area contributed by atoms with Gasteiger partial charge in [-0.05, 0) is 85.5 Å². The molecular weight excluding hydrogens is 610 g/mol. The summed E-state index contributed by atoms with van der Waals surface area (Å²) in [6.45, 7) is 10.4. The maximum absolute atomic E-state index is 14.2. The summed E-state index contributed by atoms with van der Waals surface area (Å²) in [5.74, 6) is -1.66. The summed E-state index contributed by atoms with van der Waals surface area (Å²) >= 11 is 6.14. The first-order valence-corrected chi connectivity index (χ1v) is 15.3. The van der Waals surface area contributed by atoms with Crippen LogP contribution < -0.4 is 10.6 Å². The number of H-pyrrole nitrogens is 1. The predicted octanol–water partition coefficient (Wildman–Crippen LogP) is 7.09. The molecule has 0 radical (unpaired) electrons. The molecule has 46 heavy (non-hydrogen) atoms. The fourth-order valence-corrected chi connectivity index (χ4v) is 5.64. The van der Waals surface area contributed by atoms with E-state index in [4.69, 9.17) is 16.3 Å². The molecule has 2 amide bonds. The van der Waals surface area contributed by atoms with Gasteiger partial charge in [-0.15, -0.1) is 0 Å². The molecule has 2 heterocycles. The Morgan fingerprint density at radius 3 is 2.46 bits per heavy atom. The summed E-state index contributed by atoms with van der Waals surface area (Å²) in [4.78, 5) is 28.9. The van der Waals surface area contributed by atoms with Crippen molar-refractivity contribution in [3.63, 3.8) is 0 Å². The Hall–Kier alpha value is -4.76. The van der Waals surface area contributed by atoms with E-state index in [1.807, 2.05) is 42.5 Å². The molecule has 3 N–H and O–H groups in total. The molecule has 10 heteroatoms. The summed E-state index contributed by atoms with van der Waals surface area (Å²) in [7, 11) is 0. The number of rotatable bonds is 9. The van der Waals surface area contributed by atoms with Crippen molar-refractivity contribution >= 4 is 46.8 Å². The first-order valence-electron chi connectivity index (χ1n) is 14.9. The van der Waals surface area contributed by atoms with Gasteiger partial charge in [-0.2, -0.15) is 0 Å². The molecule has 1 atom stereocenters. The topological polar surface area (TPSA) is 86.2 Å². The van der Waals surface area contributed by atoms with Gasteiger partial charge in [0.15, 0.2) is 6.54 Å². The molecule has 1 aromatic heterocycles. The number of carbonyl (C=O) groups is 2. The van der Waals surface area contributed by atoms with Gasteiger partial charge in [0.2, 0.25) is 11.6 Å². The lowest BCUT2D eigenvalue weighted by Crippen LogP contribution is -2.42. The highest BCUT2D eigenvalue weighted by molar-refractivity contribution is 6.30. The number of alkyl carbamates (subject to hydrolysis) is 1. The number of hydrogen-bond donors (Lipinski definition) is 3. The van der Waals surface area contributed by atoms with Crippen LogP contribution in [-0.2, 0) is 28.9 Å². The minimum Gasteiger partial charge on any atom is -0.444 e. The number of aromatic amines is 1. The van der Waals surface area contributed by atoms with Crippen LogP contribution in [0.1, 0.15) is 43.0 Å². The Bertz CT molecular complexity index is 1840. The van der Waals surface area contributed by atoms with Gasteiger partial charge >= 0.3 is 6.09 Å². The molecule has 0 bridgehead atoms. The number of amides is 2. The fourth-order valence-electron chi connectivity index (χ4n) is 5.51. The second-order valence-electron chi connectivity index (χ2n) is 12.3. The van der Waals surface area contributed by atoms with E-state index in [2.05, 4.69) is 22.3 Å². The fraction of sp³-hybridized carbons (Fsp3) is 0.250. The van der Waals surface area contributed by atoms with Crippen molar-refractivity contribution in [2.75, 3.05) is 6.54 Å². The van der Waals surface area contributed by atoms with E-state index >= 15 is 0 Å². The van der Waals surface area contributed by atoms with E-state index in [0.29, 0.717) is 22.8 Å². The molecule has 4 aromatic rings. The van der Waals surface area contributed by atoms with E-state index < -0.39 is 29.4 Å². The van der Waals surface area contributed by atoms with Crippen molar-refractivity contribution in [3.8, 4) is 0 Å². The van der Waals surface area contributed by atoms with E-state index in [1.54, 1.807) is 43.7 Å². The Kier molecular flexibility index (Phi) is 9.72. The van der Waals surface area contributed by atoms with Crippen LogP contribution in [0.15, 0.2) is 84.7 Å². The smallest absolute Gasteiger partial charge is 0.407 e. The third-order valence-corrected chi connectivity index (χ3v) is 7.68. The van der Waals surface area contributed by atoms with Crippen molar-refractivity contribution in [1.29, 1.82) is 0 Å². The summed E-state index contributed by atoms with van der Waals surface area (Å²) in [6.07, 6.45) is 5.39. The number of hydrogen-bond acceptors (Lipinski definition) is 3. The highest BCUT2D eigenvalue weighted by Crippen LogP contribution is 2.29. The highest BCUT2D eigenvalue weighted by atomic mass is 35.5. The summed E-state index contributed by atoms with van der Waals surface area (Å²) in [6, 6.07) is 15.7.